The maximum Gasteiger partial charge on any atom is 0.360 e. The first kappa shape index (κ1) is 13.3. The Morgan fingerprint density at radius 2 is 2.10 bits per heavy atom. The Morgan fingerprint density at radius 3 is 2.70 bits per heavy atom. The highest BCUT2D eigenvalue weighted by Crippen LogP contribution is 2.42. The smallest absolute Gasteiger partial charge is 0.360 e. The normalized spacial score (nSPS) is 14.3. The van der Waals surface area contributed by atoms with Gasteiger partial charge in [0, 0.05) is 10.4 Å². The SMILES string of the molecule is CCOC(=O)c1nnn(-c2ccc(Br)cc2)c1C1CC1. The molecule has 0 saturated heterocycles. The molecule has 0 radical (unpaired) electrons. The van der Waals surface area contributed by atoms with Gasteiger partial charge in [-0.25, -0.2) is 9.48 Å². The minimum atomic E-state index is -0.391. The fourth-order valence-corrected chi connectivity index (χ4v) is 2.39. The minimum absolute atomic E-state index is 0.341. The van der Waals surface area contributed by atoms with E-state index in [1.807, 2.05) is 24.3 Å². The maximum absolute atomic E-state index is 12.0. The first-order valence-electron chi connectivity index (χ1n) is 6.59. The molecule has 5 nitrogen and oxygen atoms in total. The predicted molar refractivity (Wildman–Crippen MR) is 77.0 cm³/mol. The van der Waals surface area contributed by atoms with E-state index in [-0.39, 0.29) is 0 Å². The summed E-state index contributed by atoms with van der Waals surface area (Å²) in [4.78, 5) is 12.0. The Kier molecular flexibility index (Phi) is 3.56. The number of carbonyl (C=O) groups excluding carboxylic acids is 1. The molecule has 1 heterocycles. The van der Waals surface area contributed by atoms with Crippen molar-refractivity contribution in [3.05, 3.63) is 40.1 Å². The van der Waals surface area contributed by atoms with Crippen molar-refractivity contribution in [2.75, 3.05) is 6.61 Å². The highest BCUT2D eigenvalue weighted by Gasteiger charge is 2.34. The van der Waals surface area contributed by atoms with Crippen molar-refractivity contribution in [3.63, 3.8) is 0 Å². The van der Waals surface area contributed by atoms with Crippen LogP contribution >= 0.6 is 15.9 Å². The van der Waals surface area contributed by atoms with Crippen molar-refractivity contribution < 1.29 is 9.53 Å². The van der Waals surface area contributed by atoms with Gasteiger partial charge in [-0.2, -0.15) is 0 Å². The summed E-state index contributed by atoms with van der Waals surface area (Å²) < 4.78 is 7.80. The Balaban J connectivity index is 2.03. The lowest BCUT2D eigenvalue weighted by atomic mass is 10.2. The average molecular weight is 336 g/mol. The van der Waals surface area contributed by atoms with Gasteiger partial charge >= 0.3 is 5.97 Å². The van der Waals surface area contributed by atoms with Crippen molar-refractivity contribution in [2.24, 2.45) is 0 Å². The summed E-state index contributed by atoms with van der Waals surface area (Å²) in [5, 5.41) is 8.15. The molecule has 1 aromatic heterocycles. The van der Waals surface area contributed by atoms with Gasteiger partial charge in [0.05, 0.1) is 18.0 Å². The highest BCUT2D eigenvalue weighted by atomic mass is 79.9. The number of hydrogen-bond acceptors (Lipinski definition) is 4. The van der Waals surface area contributed by atoms with E-state index in [9.17, 15) is 4.79 Å². The van der Waals surface area contributed by atoms with Crippen LogP contribution in [-0.2, 0) is 4.74 Å². The fourth-order valence-electron chi connectivity index (χ4n) is 2.13. The predicted octanol–water partition coefficient (Wildman–Crippen LogP) is 3.08. The lowest BCUT2D eigenvalue weighted by Crippen LogP contribution is -2.09. The molecule has 0 amide bonds. The number of rotatable bonds is 4. The largest absolute Gasteiger partial charge is 0.461 e. The number of halogens is 1. The van der Waals surface area contributed by atoms with Crippen LogP contribution in [0.4, 0.5) is 0 Å². The van der Waals surface area contributed by atoms with Crippen molar-refractivity contribution >= 4 is 21.9 Å². The molecule has 0 bridgehead atoms. The summed E-state index contributed by atoms with van der Waals surface area (Å²) in [6, 6.07) is 7.77. The zero-order chi connectivity index (χ0) is 14.1. The minimum Gasteiger partial charge on any atom is -0.461 e. The number of benzene rings is 1. The first-order valence-corrected chi connectivity index (χ1v) is 7.38. The standard InChI is InChI=1S/C14H14BrN3O2/c1-2-20-14(19)12-13(9-3-4-9)18(17-16-12)11-7-5-10(15)6-8-11/h5-9H,2-4H2,1H3. The average Bonchev–Trinajstić information content (AvgIpc) is 3.19. The molecule has 6 heteroatoms. The van der Waals surface area contributed by atoms with E-state index in [4.69, 9.17) is 4.74 Å². The lowest BCUT2D eigenvalue weighted by Gasteiger charge is -2.06. The number of nitrogens with zero attached hydrogens (tertiary/aromatic N) is 3. The fraction of sp³-hybridized carbons (Fsp3) is 0.357. The number of carbonyl (C=O) groups is 1. The molecule has 1 saturated carbocycles. The molecular formula is C14H14BrN3O2. The molecule has 0 spiro atoms. The molecular weight excluding hydrogens is 322 g/mol. The van der Waals surface area contributed by atoms with Crippen LogP contribution in [0, 0.1) is 0 Å². The number of esters is 1. The van der Waals surface area contributed by atoms with Gasteiger partial charge in [-0.15, -0.1) is 5.10 Å². The van der Waals surface area contributed by atoms with Crippen LogP contribution in [0.1, 0.15) is 41.9 Å². The van der Waals surface area contributed by atoms with Gasteiger partial charge < -0.3 is 4.74 Å². The topological polar surface area (TPSA) is 57.0 Å². The van der Waals surface area contributed by atoms with E-state index in [0.29, 0.717) is 18.2 Å². The maximum atomic E-state index is 12.0. The Hall–Kier alpha value is -1.69. The van der Waals surface area contributed by atoms with E-state index in [1.54, 1.807) is 11.6 Å². The van der Waals surface area contributed by atoms with E-state index in [2.05, 4.69) is 26.2 Å². The van der Waals surface area contributed by atoms with E-state index in [1.165, 1.54) is 0 Å². The molecule has 0 atom stereocenters. The summed E-state index contributed by atoms with van der Waals surface area (Å²) in [7, 11) is 0. The summed E-state index contributed by atoms with van der Waals surface area (Å²) in [5.74, 6) is -0.0363. The molecule has 20 heavy (non-hydrogen) atoms. The highest BCUT2D eigenvalue weighted by molar-refractivity contribution is 9.10. The molecule has 0 aliphatic heterocycles. The molecule has 1 aliphatic carbocycles. The number of ether oxygens (including phenoxy) is 1. The van der Waals surface area contributed by atoms with Gasteiger partial charge in [0.2, 0.25) is 0 Å². The molecule has 1 fully saturated rings. The Labute approximate surface area is 125 Å². The summed E-state index contributed by atoms with van der Waals surface area (Å²) in [6.07, 6.45) is 2.13. The van der Waals surface area contributed by atoms with Gasteiger partial charge in [-0.05, 0) is 44.0 Å². The summed E-state index contributed by atoms with van der Waals surface area (Å²) >= 11 is 3.41. The second kappa shape index (κ2) is 5.36. The quantitative estimate of drug-likeness (QED) is 0.805. The second-order valence-electron chi connectivity index (χ2n) is 4.71. The van der Waals surface area contributed by atoms with Crippen LogP contribution in [0.25, 0.3) is 5.69 Å². The molecule has 2 aromatic rings. The van der Waals surface area contributed by atoms with Gasteiger partial charge in [0.1, 0.15) is 0 Å². The zero-order valence-electron chi connectivity index (χ0n) is 11.0. The summed E-state index contributed by atoms with van der Waals surface area (Å²) in [5.41, 5.74) is 2.11. The van der Waals surface area contributed by atoms with E-state index < -0.39 is 5.97 Å². The second-order valence-corrected chi connectivity index (χ2v) is 5.62. The lowest BCUT2D eigenvalue weighted by molar-refractivity contribution is 0.0518. The summed E-state index contributed by atoms with van der Waals surface area (Å²) in [6.45, 7) is 2.13. The molecule has 1 aliphatic rings. The van der Waals surface area contributed by atoms with Crippen LogP contribution in [0.15, 0.2) is 28.7 Å². The van der Waals surface area contributed by atoms with Gasteiger partial charge in [-0.3, -0.25) is 0 Å². The van der Waals surface area contributed by atoms with Gasteiger partial charge in [-0.1, -0.05) is 21.1 Å². The third-order valence-electron chi connectivity index (χ3n) is 3.21. The Bertz CT molecular complexity index is 632. The zero-order valence-corrected chi connectivity index (χ0v) is 12.6. The van der Waals surface area contributed by atoms with Crippen LogP contribution < -0.4 is 0 Å². The Morgan fingerprint density at radius 1 is 1.40 bits per heavy atom. The van der Waals surface area contributed by atoms with E-state index in [0.717, 1.165) is 28.7 Å². The van der Waals surface area contributed by atoms with Gasteiger partial charge in [0.15, 0.2) is 5.69 Å². The van der Waals surface area contributed by atoms with E-state index >= 15 is 0 Å². The number of aromatic nitrogens is 3. The molecule has 1 aromatic carbocycles. The van der Waals surface area contributed by atoms with Crippen LogP contribution in [0.5, 0.6) is 0 Å². The molecule has 104 valence electrons. The van der Waals surface area contributed by atoms with Crippen molar-refractivity contribution in [3.8, 4) is 5.69 Å². The monoisotopic (exact) mass is 335 g/mol. The van der Waals surface area contributed by atoms with Gasteiger partial charge in [0.25, 0.3) is 0 Å². The molecule has 0 unspecified atom stereocenters. The van der Waals surface area contributed by atoms with Crippen LogP contribution in [0.2, 0.25) is 0 Å². The van der Waals surface area contributed by atoms with Crippen molar-refractivity contribution in [1.29, 1.82) is 0 Å². The first-order chi connectivity index (χ1) is 9.70. The van der Waals surface area contributed by atoms with Crippen molar-refractivity contribution in [2.45, 2.75) is 25.7 Å². The molecule has 3 rings (SSSR count). The van der Waals surface area contributed by atoms with Crippen molar-refractivity contribution in [1.82, 2.24) is 15.0 Å². The third-order valence-corrected chi connectivity index (χ3v) is 3.74. The third kappa shape index (κ3) is 2.47. The van der Waals surface area contributed by atoms with Crippen LogP contribution in [-0.4, -0.2) is 27.6 Å². The number of hydrogen-bond donors (Lipinski definition) is 0. The van der Waals surface area contributed by atoms with Crippen LogP contribution in [0.3, 0.4) is 0 Å². The molecule has 0 N–H and O–H groups in total.